The number of aliphatic hydroxyl groups excluding tert-OH is 1. The van der Waals surface area contributed by atoms with E-state index in [1.54, 1.807) is 11.3 Å². The summed E-state index contributed by atoms with van der Waals surface area (Å²) in [7, 11) is 0. The number of thiophene rings is 1. The maximum Gasteiger partial charge on any atom is 0.105 e. The summed E-state index contributed by atoms with van der Waals surface area (Å²) in [6.45, 7) is 1.96. The van der Waals surface area contributed by atoms with Crippen LogP contribution in [0.25, 0.3) is 10.1 Å². The number of rotatable bonds is 2. The topological polar surface area (TPSA) is 20.2 Å². The van der Waals surface area contributed by atoms with Crippen LogP contribution in [0.15, 0.2) is 47.8 Å². The van der Waals surface area contributed by atoms with Crippen molar-refractivity contribution in [1.29, 1.82) is 0 Å². The van der Waals surface area contributed by atoms with E-state index in [-0.39, 0.29) is 0 Å². The van der Waals surface area contributed by atoms with Crippen molar-refractivity contribution in [3.05, 3.63) is 69.6 Å². The highest BCUT2D eigenvalue weighted by Crippen LogP contribution is 2.33. The number of aliphatic hydroxyl groups is 1. The molecule has 0 bridgehead atoms. The molecule has 1 heterocycles. The predicted octanol–water partition coefficient (Wildman–Crippen LogP) is 4.94. The fourth-order valence-electron chi connectivity index (χ4n) is 2.19. The summed E-state index contributed by atoms with van der Waals surface area (Å²) < 4.78 is 1.13. The van der Waals surface area contributed by atoms with Crippen molar-refractivity contribution in [3.63, 3.8) is 0 Å². The van der Waals surface area contributed by atoms with Crippen LogP contribution in [0.3, 0.4) is 0 Å². The highest BCUT2D eigenvalue weighted by molar-refractivity contribution is 7.17. The molecule has 0 spiro atoms. The second kappa shape index (κ2) is 4.97. The van der Waals surface area contributed by atoms with Crippen LogP contribution in [0.4, 0.5) is 0 Å². The Labute approximate surface area is 121 Å². The van der Waals surface area contributed by atoms with Crippen LogP contribution in [-0.4, -0.2) is 5.11 Å². The zero-order chi connectivity index (χ0) is 13.4. The highest BCUT2D eigenvalue weighted by Gasteiger charge is 2.15. The molecule has 1 atom stereocenters. The van der Waals surface area contributed by atoms with Crippen molar-refractivity contribution in [3.8, 4) is 0 Å². The Morgan fingerprint density at radius 1 is 1.16 bits per heavy atom. The van der Waals surface area contributed by atoms with E-state index < -0.39 is 6.10 Å². The van der Waals surface area contributed by atoms with Gasteiger partial charge >= 0.3 is 0 Å². The minimum Gasteiger partial charge on any atom is -0.384 e. The first-order valence-electron chi connectivity index (χ1n) is 6.07. The van der Waals surface area contributed by atoms with Crippen LogP contribution in [-0.2, 0) is 0 Å². The molecule has 0 aliphatic rings. The molecule has 0 aliphatic heterocycles. The van der Waals surface area contributed by atoms with Crippen molar-refractivity contribution in [2.75, 3.05) is 0 Å². The SMILES string of the molecule is Cc1ccc(C(O)c2cccc3ccsc23)cc1Cl. The van der Waals surface area contributed by atoms with E-state index in [2.05, 4.69) is 12.1 Å². The molecule has 96 valence electrons. The number of hydrogen-bond acceptors (Lipinski definition) is 2. The van der Waals surface area contributed by atoms with Gasteiger partial charge in [0.25, 0.3) is 0 Å². The van der Waals surface area contributed by atoms with Crippen LogP contribution in [0.5, 0.6) is 0 Å². The molecule has 1 unspecified atom stereocenters. The fourth-order valence-corrected chi connectivity index (χ4v) is 3.32. The van der Waals surface area contributed by atoms with Gasteiger partial charge in [0, 0.05) is 15.3 Å². The summed E-state index contributed by atoms with van der Waals surface area (Å²) in [6.07, 6.45) is -0.638. The third-order valence-electron chi connectivity index (χ3n) is 3.32. The molecule has 0 aliphatic carbocycles. The molecular formula is C16H13ClOS. The predicted molar refractivity (Wildman–Crippen MR) is 82.1 cm³/mol. The molecule has 0 saturated heterocycles. The van der Waals surface area contributed by atoms with Crippen LogP contribution in [0, 0.1) is 6.92 Å². The van der Waals surface area contributed by atoms with Gasteiger partial charge in [-0.15, -0.1) is 11.3 Å². The summed E-state index contributed by atoms with van der Waals surface area (Å²) in [5.41, 5.74) is 2.79. The third kappa shape index (κ3) is 2.27. The lowest BCUT2D eigenvalue weighted by Gasteiger charge is -2.13. The molecule has 3 rings (SSSR count). The lowest BCUT2D eigenvalue weighted by Crippen LogP contribution is -2.00. The lowest BCUT2D eigenvalue weighted by atomic mass is 9.99. The Bertz CT molecular complexity index is 732. The normalized spacial score (nSPS) is 12.8. The number of benzene rings is 2. The average molecular weight is 289 g/mol. The monoisotopic (exact) mass is 288 g/mol. The zero-order valence-corrected chi connectivity index (χ0v) is 12.0. The van der Waals surface area contributed by atoms with Crippen molar-refractivity contribution in [1.82, 2.24) is 0 Å². The number of aryl methyl sites for hydroxylation is 1. The summed E-state index contributed by atoms with van der Waals surface area (Å²) >= 11 is 7.79. The molecule has 0 amide bonds. The first-order valence-corrected chi connectivity index (χ1v) is 7.33. The minimum atomic E-state index is -0.638. The van der Waals surface area contributed by atoms with Crippen LogP contribution < -0.4 is 0 Å². The van der Waals surface area contributed by atoms with E-state index in [4.69, 9.17) is 11.6 Å². The van der Waals surface area contributed by atoms with E-state index in [0.29, 0.717) is 5.02 Å². The van der Waals surface area contributed by atoms with E-state index in [1.807, 2.05) is 42.6 Å². The standard InChI is InChI=1S/C16H13ClOS/c1-10-5-6-12(9-14(10)17)15(18)13-4-2-3-11-7-8-19-16(11)13/h2-9,15,18H,1H3. The van der Waals surface area contributed by atoms with Gasteiger partial charge in [-0.25, -0.2) is 0 Å². The Kier molecular flexibility index (Phi) is 3.31. The Hall–Kier alpha value is -1.35. The first kappa shape index (κ1) is 12.7. The van der Waals surface area contributed by atoms with Gasteiger partial charge in [-0.1, -0.05) is 41.9 Å². The van der Waals surface area contributed by atoms with Gasteiger partial charge in [-0.05, 0) is 40.9 Å². The van der Waals surface area contributed by atoms with Crippen molar-refractivity contribution in [2.45, 2.75) is 13.0 Å². The van der Waals surface area contributed by atoms with E-state index in [9.17, 15) is 5.11 Å². The summed E-state index contributed by atoms with van der Waals surface area (Å²) in [5.74, 6) is 0. The molecule has 1 nitrogen and oxygen atoms in total. The second-order valence-electron chi connectivity index (χ2n) is 4.60. The van der Waals surface area contributed by atoms with Gasteiger partial charge in [0.05, 0.1) is 0 Å². The molecule has 2 aromatic carbocycles. The van der Waals surface area contributed by atoms with Gasteiger partial charge < -0.3 is 5.11 Å². The molecule has 0 fully saturated rings. The van der Waals surface area contributed by atoms with Crippen LogP contribution >= 0.6 is 22.9 Å². The molecule has 3 aromatic rings. The molecule has 1 aromatic heterocycles. The van der Waals surface area contributed by atoms with Gasteiger partial charge in [-0.2, -0.15) is 0 Å². The fraction of sp³-hybridized carbons (Fsp3) is 0.125. The third-order valence-corrected chi connectivity index (χ3v) is 4.70. The summed E-state index contributed by atoms with van der Waals surface area (Å²) in [5, 5.41) is 14.5. The smallest absolute Gasteiger partial charge is 0.105 e. The van der Waals surface area contributed by atoms with Gasteiger partial charge in [0.15, 0.2) is 0 Å². The average Bonchev–Trinajstić information content (AvgIpc) is 2.89. The van der Waals surface area contributed by atoms with Gasteiger partial charge in [-0.3, -0.25) is 0 Å². The highest BCUT2D eigenvalue weighted by atomic mass is 35.5. The number of fused-ring (bicyclic) bond motifs is 1. The maximum atomic E-state index is 10.6. The van der Waals surface area contributed by atoms with Crippen molar-refractivity contribution in [2.24, 2.45) is 0 Å². The molecule has 19 heavy (non-hydrogen) atoms. The molecule has 3 heteroatoms. The summed E-state index contributed by atoms with van der Waals surface area (Å²) in [4.78, 5) is 0. The van der Waals surface area contributed by atoms with Crippen molar-refractivity contribution < 1.29 is 5.11 Å². The van der Waals surface area contributed by atoms with Crippen LogP contribution in [0.2, 0.25) is 5.02 Å². The first-order chi connectivity index (χ1) is 9.16. The Morgan fingerprint density at radius 3 is 2.79 bits per heavy atom. The second-order valence-corrected chi connectivity index (χ2v) is 5.92. The Morgan fingerprint density at radius 2 is 2.00 bits per heavy atom. The van der Waals surface area contributed by atoms with Gasteiger partial charge in [0.2, 0.25) is 0 Å². The maximum absolute atomic E-state index is 10.6. The molecule has 1 N–H and O–H groups in total. The van der Waals surface area contributed by atoms with Crippen molar-refractivity contribution >= 4 is 33.0 Å². The van der Waals surface area contributed by atoms with E-state index in [1.165, 1.54) is 5.39 Å². The zero-order valence-electron chi connectivity index (χ0n) is 10.4. The summed E-state index contributed by atoms with van der Waals surface area (Å²) in [6, 6.07) is 13.8. The number of halogens is 1. The quantitative estimate of drug-likeness (QED) is 0.708. The van der Waals surface area contributed by atoms with E-state index >= 15 is 0 Å². The molecule has 0 radical (unpaired) electrons. The number of hydrogen-bond donors (Lipinski definition) is 1. The Balaban J connectivity index is 2.10. The van der Waals surface area contributed by atoms with Crippen LogP contribution in [0.1, 0.15) is 22.8 Å². The molecular weight excluding hydrogens is 276 g/mol. The lowest BCUT2D eigenvalue weighted by molar-refractivity contribution is 0.222. The molecule has 0 saturated carbocycles. The largest absolute Gasteiger partial charge is 0.384 e. The van der Waals surface area contributed by atoms with Gasteiger partial charge in [0.1, 0.15) is 6.10 Å². The minimum absolute atomic E-state index is 0.638. The van der Waals surface area contributed by atoms with E-state index in [0.717, 1.165) is 21.4 Å².